The zero-order valence-corrected chi connectivity index (χ0v) is 19.9. The normalized spacial score (nSPS) is 14.5. The number of rotatable bonds is 6. The lowest BCUT2D eigenvalue weighted by Crippen LogP contribution is -2.45. The molecule has 9 heteroatoms. The van der Waals surface area contributed by atoms with Crippen molar-refractivity contribution in [1.29, 1.82) is 0 Å². The Morgan fingerprint density at radius 3 is 2.22 bits per heavy atom. The molecule has 1 aromatic heterocycles. The van der Waals surface area contributed by atoms with E-state index in [0.29, 0.717) is 27.8 Å². The molecule has 4 aromatic rings. The third-order valence-electron chi connectivity index (χ3n) is 6.20. The van der Waals surface area contributed by atoms with Crippen LogP contribution in [0, 0.1) is 0 Å². The van der Waals surface area contributed by atoms with Gasteiger partial charge >= 0.3 is 17.7 Å². The van der Waals surface area contributed by atoms with Gasteiger partial charge in [0.1, 0.15) is 5.58 Å². The average Bonchev–Trinajstić information content (AvgIpc) is 3.15. The second-order valence-corrected chi connectivity index (χ2v) is 8.45. The van der Waals surface area contributed by atoms with Crippen molar-refractivity contribution in [3.05, 3.63) is 112 Å². The number of fused-ring (bicyclic) bond motifs is 1. The van der Waals surface area contributed by atoms with Gasteiger partial charge in [-0.05, 0) is 35.7 Å². The van der Waals surface area contributed by atoms with Crippen LogP contribution in [0.5, 0.6) is 0 Å². The number of nitrogens with one attached hydrogen (secondary N) is 2. The van der Waals surface area contributed by atoms with E-state index < -0.39 is 29.2 Å². The SMILES string of the molecule is CCOC(=O)Nc1ccc2c(CN3C(=O)NC(c4ccccc4)(c4ccccc4)C3=O)cc(=O)oc2c1. The lowest BCUT2D eigenvalue weighted by Gasteiger charge is -2.28. The van der Waals surface area contributed by atoms with Gasteiger partial charge in [-0.2, -0.15) is 0 Å². The Bertz CT molecular complexity index is 1510. The quantitative estimate of drug-likeness (QED) is 0.302. The van der Waals surface area contributed by atoms with Crippen molar-refractivity contribution >= 4 is 34.7 Å². The summed E-state index contributed by atoms with van der Waals surface area (Å²) < 4.78 is 10.2. The number of carbonyl (C=O) groups is 3. The van der Waals surface area contributed by atoms with E-state index in [2.05, 4.69) is 10.6 Å². The molecule has 2 heterocycles. The number of benzene rings is 3. The summed E-state index contributed by atoms with van der Waals surface area (Å²) in [6.45, 7) is 1.74. The Morgan fingerprint density at radius 1 is 0.946 bits per heavy atom. The number of carbonyl (C=O) groups excluding carboxylic acids is 3. The molecule has 0 unspecified atom stereocenters. The number of ether oxygens (including phenoxy) is 1. The molecule has 9 nitrogen and oxygen atoms in total. The van der Waals surface area contributed by atoms with Gasteiger partial charge in [-0.25, -0.2) is 14.4 Å². The number of nitrogens with zero attached hydrogens (tertiary/aromatic N) is 1. The van der Waals surface area contributed by atoms with E-state index in [4.69, 9.17) is 9.15 Å². The maximum Gasteiger partial charge on any atom is 0.411 e. The Balaban J connectivity index is 1.53. The molecule has 5 rings (SSSR count). The second-order valence-electron chi connectivity index (χ2n) is 8.45. The molecule has 1 fully saturated rings. The zero-order chi connectivity index (χ0) is 26.0. The van der Waals surface area contributed by atoms with Gasteiger partial charge in [-0.15, -0.1) is 0 Å². The summed E-state index contributed by atoms with van der Waals surface area (Å²) in [5.41, 5.74) is 0.165. The summed E-state index contributed by atoms with van der Waals surface area (Å²) in [4.78, 5) is 52.4. The minimum atomic E-state index is -1.41. The summed E-state index contributed by atoms with van der Waals surface area (Å²) in [6, 6.07) is 23.5. The zero-order valence-electron chi connectivity index (χ0n) is 19.9. The lowest BCUT2D eigenvalue weighted by atomic mass is 9.82. The molecule has 0 saturated carbocycles. The van der Waals surface area contributed by atoms with Gasteiger partial charge in [0.05, 0.1) is 13.2 Å². The van der Waals surface area contributed by atoms with E-state index in [9.17, 15) is 19.2 Å². The maximum absolute atomic E-state index is 14.0. The van der Waals surface area contributed by atoms with E-state index >= 15 is 0 Å². The third kappa shape index (κ3) is 4.31. The van der Waals surface area contributed by atoms with Gasteiger partial charge < -0.3 is 14.5 Å². The summed E-state index contributed by atoms with van der Waals surface area (Å²) in [5, 5.41) is 5.98. The molecule has 4 amide bonds. The molecule has 0 aliphatic carbocycles. The van der Waals surface area contributed by atoms with Crippen LogP contribution in [0.4, 0.5) is 15.3 Å². The van der Waals surface area contributed by atoms with E-state index in [-0.39, 0.29) is 18.7 Å². The summed E-state index contributed by atoms with van der Waals surface area (Å²) in [5.74, 6) is -0.461. The van der Waals surface area contributed by atoms with Crippen LogP contribution in [-0.4, -0.2) is 29.5 Å². The lowest BCUT2D eigenvalue weighted by molar-refractivity contribution is -0.130. The Morgan fingerprint density at radius 2 is 1.59 bits per heavy atom. The van der Waals surface area contributed by atoms with Crippen molar-refractivity contribution in [3.8, 4) is 0 Å². The molecular formula is C28H23N3O6. The van der Waals surface area contributed by atoms with Gasteiger partial charge in [0.25, 0.3) is 5.91 Å². The highest BCUT2D eigenvalue weighted by atomic mass is 16.5. The number of urea groups is 1. The van der Waals surface area contributed by atoms with Crippen molar-refractivity contribution < 1.29 is 23.5 Å². The van der Waals surface area contributed by atoms with Crippen LogP contribution in [0.3, 0.4) is 0 Å². The van der Waals surface area contributed by atoms with Crippen LogP contribution in [-0.2, 0) is 21.6 Å². The minimum Gasteiger partial charge on any atom is -0.450 e. The van der Waals surface area contributed by atoms with E-state index in [0.717, 1.165) is 4.90 Å². The first-order chi connectivity index (χ1) is 17.9. The molecule has 0 radical (unpaired) electrons. The molecule has 3 aromatic carbocycles. The van der Waals surface area contributed by atoms with E-state index in [1.165, 1.54) is 12.1 Å². The highest BCUT2D eigenvalue weighted by molar-refractivity contribution is 6.09. The first kappa shape index (κ1) is 23.8. The van der Waals surface area contributed by atoms with Crippen LogP contribution >= 0.6 is 0 Å². The number of anilines is 1. The predicted molar refractivity (Wildman–Crippen MR) is 136 cm³/mol. The molecular weight excluding hydrogens is 474 g/mol. The molecule has 0 spiro atoms. The first-order valence-electron chi connectivity index (χ1n) is 11.7. The van der Waals surface area contributed by atoms with Gasteiger partial charge in [0, 0.05) is 23.2 Å². The molecule has 0 atom stereocenters. The first-order valence-corrected chi connectivity index (χ1v) is 11.7. The van der Waals surface area contributed by atoms with Crippen LogP contribution in [0.2, 0.25) is 0 Å². The monoisotopic (exact) mass is 497 g/mol. The van der Waals surface area contributed by atoms with Gasteiger partial charge in [-0.1, -0.05) is 60.7 Å². The van der Waals surface area contributed by atoms with Crippen molar-refractivity contribution in [3.63, 3.8) is 0 Å². The van der Waals surface area contributed by atoms with Gasteiger partial charge in [-0.3, -0.25) is 15.0 Å². The largest absolute Gasteiger partial charge is 0.450 e. The van der Waals surface area contributed by atoms with Crippen molar-refractivity contribution in [2.24, 2.45) is 0 Å². The molecule has 1 saturated heterocycles. The second kappa shape index (κ2) is 9.62. The number of hydrogen-bond acceptors (Lipinski definition) is 6. The smallest absolute Gasteiger partial charge is 0.411 e. The Labute approximate surface area is 211 Å². The van der Waals surface area contributed by atoms with Crippen LogP contribution in [0.25, 0.3) is 11.0 Å². The van der Waals surface area contributed by atoms with Crippen LogP contribution < -0.4 is 16.3 Å². The van der Waals surface area contributed by atoms with E-state index in [1.54, 1.807) is 67.6 Å². The summed E-state index contributed by atoms with van der Waals surface area (Å²) >= 11 is 0. The Hall–Kier alpha value is -4.92. The predicted octanol–water partition coefficient (Wildman–Crippen LogP) is 4.36. The molecule has 1 aliphatic heterocycles. The fourth-order valence-electron chi connectivity index (χ4n) is 4.55. The highest BCUT2D eigenvalue weighted by Crippen LogP contribution is 2.37. The van der Waals surface area contributed by atoms with Gasteiger partial charge in [0.15, 0.2) is 5.54 Å². The highest BCUT2D eigenvalue weighted by Gasteiger charge is 2.53. The summed E-state index contributed by atoms with van der Waals surface area (Å²) in [7, 11) is 0. The molecule has 2 N–H and O–H groups in total. The fourth-order valence-corrected chi connectivity index (χ4v) is 4.55. The molecule has 186 valence electrons. The van der Waals surface area contributed by atoms with Crippen LogP contribution in [0.1, 0.15) is 23.6 Å². The molecule has 1 aliphatic rings. The van der Waals surface area contributed by atoms with Crippen LogP contribution in [0.15, 0.2) is 94.1 Å². The Kier molecular flexibility index (Phi) is 6.19. The standard InChI is InChI=1S/C28H23N3O6/c1-2-36-27(35)29-21-13-14-22-18(15-24(32)37-23(22)16-21)17-31-25(33)28(30-26(31)34,19-9-5-3-6-10-19)20-11-7-4-8-12-20/h3-16H,2,17H2,1H3,(H,29,35)(H,30,34). The average molecular weight is 498 g/mol. The number of amides is 4. The number of hydrogen-bond donors (Lipinski definition) is 2. The summed E-state index contributed by atoms with van der Waals surface area (Å²) in [6.07, 6.45) is -0.641. The molecule has 37 heavy (non-hydrogen) atoms. The molecule has 0 bridgehead atoms. The topological polar surface area (TPSA) is 118 Å². The number of imide groups is 1. The van der Waals surface area contributed by atoms with Crippen molar-refractivity contribution in [2.45, 2.75) is 19.0 Å². The van der Waals surface area contributed by atoms with Crippen molar-refractivity contribution in [2.75, 3.05) is 11.9 Å². The maximum atomic E-state index is 14.0. The van der Waals surface area contributed by atoms with E-state index in [1.807, 2.05) is 12.1 Å². The minimum absolute atomic E-state index is 0.154. The third-order valence-corrected chi connectivity index (χ3v) is 6.20. The van der Waals surface area contributed by atoms with Crippen molar-refractivity contribution in [1.82, 2.24) is 10.2 Å². The van der Waals surface area contributed by atoms with Gasteiger partial charge in [0.2, 0.25) is 0 Å². The fraction of sp³-hybridized carbons (Fsp3) is 0.143.